The molecular formula is C13H15ClN2O4. The first-order valence-electron chi connectivity index (χ1n) is 6.20. The summed E-state index contributed by atoms with van der Waals surface area (Å²) in [4.78, 5) is 22.8. The third kappa shape index (κ3) is 3.27. The highest BCUT2D eigenvalue weighted by Gasteiger charge is 2.29. The molecule has 7 heteroatoms. The molecule has 1 aromatic rings. The van der Waals surface area contributed by atoms with Crippen molar-refractivity contribution in [2.75, 3.05) is 11.9 Å². The molecule has 1 aliphatic heterocycles. The first-order valence-corrected chi connectivity index (χ1v) is 6.58. The molecule has 0 bridgehead atoms. The van der Waals surface area contributed by atoms with Gasteiger partial charge in [0.1, 0.15) is 6.10 Å². The minimum Gasteiger partial charge on any atom is -0.478 e. The van der Waals surface area contributed by atoms with E-state index >= 15 is 0 Å². The first-order chi connectivity index (χ1) is 9.51. The maximum Gasteiger partial charge on any atom is 0.337 e. The van der Waals surface area contributed by atoms with Crippen LogP contribution in [0.1, 0.15) is 23.2 Å². The molecule has 1 fully saturated rings. The molecule has 20 heavy (non-hydrogen) atoms. The van der Waals surface area contributed by atoms with Crippen molar-refractivity contribution in [3.05, 3.63) is 28.8 Å². The van der Waals surface area contributed by atoms with Gasteiger partial charge in [-0.2, -0.15) is 0 Å². The summed E-state index contributed by atoms with van der Waals surface area (Å²) in [6.45, 7) is 0.392. The van der Waals surface area contributed by atoms with Crippen molar-refractivity contribution in [2.45, 2.75) is 25.0 Å². The van der Waals surface area contributed by atoms with E-state index < -0.39 is 12.1 Å². The van der Waals surface area contributed by atoms with Gasteiger partial charge in [-0.15, -0.1) is 0 Å². The lowest BCUT2D eigenvalue weighted by Crippen LogP contribution is -2.29. The quantitative estimate of drug-likeness (QED) is 0.781. The van der Waals surface area contributed by atoms with E-state index in [0.717, 1.165) is 6.42 Å². The van der Waals surface area contributed by atoms with Gasteiger partial charge in [0.15, 0.2) is 0 Å². The van der Waals surface area contributed by atoms with Gasteiger partial charge in [0.05, 0.1) is 16.7 Å². The minimum absolute atomic E-state index is 0.00928. The monoisotopic (exact) mass is 298 g/mol. The second-order valence-electron chi connectivity index (χ2n) is 4.55. The van der Waals surface area contributed by atoms with E-state index in [0.29, 0.717) is 18.7 Å². The molecular weight excluding hydrogens is 284 g/mol. The highest BCUT2D eigenvalue weighted by Crippen LogP contribution is 2.23. The average Bonchev–Trinajstić information content (AvgIpc) is 2.87. The van der Waals surface area contributed by atoms with Crippen LogP contribution in [-0.4, -0.2) is 35.7 Å². The number of nitrogens with two attached hydrogens (primary N) is 1. The molecule has 1 amide bonds. The number of aromatic carboxylic acids is 1. The molecule has 2 atom stereocenters. The van der Waals surface area contributed by atoms with E-state index in [1.165, 1.54) is 18.2 Å². The third-order valence-electron chi connectivity index (χ3n) is 3.13. The van der Waals surface area contributed by atoms with Gasteiger partial charge in [-0.1, -0.05) is 11.6 Å². The van der Waals surface area contributed by atoms with E-state index in [1.807, 2.05) is 0 Å². The Morgan fingerprint density at radius 1 is 1.45 bits per heavy atom. The number of benzene rings is 1. The van der Waals surface area contributed by atoms with Crippen LogP contribution in [0.2, 0.25) is 5.02 Å². The van der Waals surface area contributed by atoms with E-state index in [4.69, 9.17) is 27.2 Å². The van der Waals surface area contributed by atoms with E-state index in [1.54, 1.807) is 0 Å². The van der Waals surface area contributed by atoms with Crippen LogP contribution >= 0.6 is 11.6 Å². The van der Waals surface area contributed by atoms with Crippen molar-refractivity contribution in [3.63, 3.8) is 0 Å². The zero-order valence-electron chi connectivity index (χ0n) is 10.6. The number of amides is 1. The van der Waals surface area contributed by atoms with Crippen molar-refractivity contribution >= 4 is 29.2 Å². The van der Waals surface area contributed by atoms with Crippen molar-refractivity contribution in [1.82, 2.24) is 0 Å². The average molecular weight is 299 g/mol. The second-order valence-corrected chi connectivity index (χ2v) is 4.96. The molecule has 2 rings (SSSR count). The van der Waals surface area contributed by atoms with Crippen LogP contribution in [0.5, 0.6) is 0 Å². The smallest absolute Gasteiger partial charge is 0.337 e. The summed E-state index contributed by atoms with van der Waals surface area (Å²) in [5.41, 5.74) is 5.91. The normalized spacial score (nSPS) is 21.7. The zero-order chi connectivity index (χ0) is 14.7. The predicted octanol–water partition coefficient (Wildman–Crippen LogP) is 1.48. The van der Waals surface area contributed by atoms with Crippen molar-refractivity contribution in [1.29, 1.82) is 0 Å². The molecule has 1 saturated heterocycles. The number of hydrogen-bond donors (Lipinski definition) is 3. The molecule has 108 valence electrons. The molecule has 2 unspecified atom stereocenters. The van der Waals surface area contributed by atoms with Crippen LogP contribution in [0.4, 0.5) is 5.69 Å². The molecule has 0 aliphatic carbocycles. The molecule has 1 heterocycles. The largest absolute Gasteiger partial charge is 0.478 e. The number of anilines is 1. The standard InChI is InChI=1S/C13H15ClN2O4/c14-10-5-7(1-3-9(10)13(18)19)16-12(17)11-4-2-8(6-15)20-11/h1,3,5,8,11H,2,4,6,15H2,(H,16,17)(H,18,19). The predicted molar refractivity (Wildman–Crippen MR) is 74.0 cm³/mol. The molecule has 1 aliphatic rings. The van der Waals surface area contributed by atoms with Gasteiger partial charge in [0.25, 0.3) is 5.91 Å². The number of carboxylic acid groups (broad SMARTS) is 1. The Bertz CT molecular complexity index is 535. The lowest BCUT2D eigenvalue weighted by molar-refractivity contribution is -0.126. The molecule has 0 radical (unpaired) electrons. The first kappa shape index (κ1) is 14.8. The fourth-order valence-corrected chi connectivity index (χ4v) is 2.32. The fourth-order valence-electron chi connectivity index (χ4n) is 2.06. The Morgan fingerprint density at radius 3 is 2.75 bits per heavy atom. The van der Waals surface area contributed by atoms with Crippen molar-refractivity contribution < 1.29 is 19.4 Å². The molecule has 0 saturated carbocycles. The van der Waals surface area contributed by atoms with Crippen molar-refractivity contribution in [2.24, 2.45) is 5.73 Å². The van der Waals surface area contributed by atoms with Gasteiger partial charge in [-0.25, -0.2) is 4.79 Å². The summed E-state index contributed by atoms with van der Waals surface area (Å²) in [6, 6.07) is 4.24. The lowest BCUT2D eigenvalue weighted by atomic mass is 10.1. The highest BCUT2D eigenvalue weighted by molar-refractivity contribution is 6.33. The summed E-state index contributed by atoms with van der Waals surface area (Å²) in [5, 5.41) is 11.6. The molecule has 1 aromatic carbocycles. The summed E-state index contributed by atoms with van der Waals surface area (Å²) in [7, 11) is 0. The van der Waals surface area contributed by atoms with Crippen LogP contribution in [0, 0.1) is 0 Å². The summed E-state index contributed by atoms with van der Waals surface area (Å²) >= 11 is 5.83. The topological polar surface area (TPSA) is 102 Å². The van der Waals surface area contributed by atoms with E-state index in [2.05, 4.69) is 5.32 Å². The van der Waals surface area contributed by atoms with Crippen LogP contribution in [0.3, 0.4) is 0 Å². The highest BCUT2D eigenvalue weighted by atomic mass is 35.5. The third-order valence-corrected chi connectivity index (χ3v) is 3.44. The Morgan fingerprint density at radius 2 is 2.20 bits per heavy atom. The fraction of sp³-hybridized carbons (Fsp3) is 0.385. The summed E-state index contributed by atoms with van der Waals surface area (Å²) in [5.74, 6) is -1.39. The minimum atomic E-state index is -1.11. The van der Waals surface area contributed by atoms with Gasteiger partial charge in [-0.05, 0) is 31.0 Å². The Labute approximate surface area is 120 Å². The summed E-state index contributed by atoms with van der Waals surface area (Å²) < 4.78 is 5.47. The van der Waals surface area contributed by atoms with Crippen LogP contribution < -0.4 is 11.1 Å². The molecule has 0 aromatic heterocycles. The molecule has 0 spiro atoms. The second kappa shape index (κ2) is 6.21. The van der Waals surface area contributed by atoms with Gasteiger partial charge in [0.2, 0.25) is 0 Å². The van der Waals surface area contributed by atoms with Gasteiger partial charge in [0, 0.05) is 12.2 Å². The number of hydrogen-bond acceptors (Lipinski definition) is 4. The van der Waals surface area contributed by atoms with Crippen LogP contribution in [0.15, 0.2) is 18.2 Å². The zero-order valence-corrected chi connectivity index (χ0v) is 11.4. The van der Waals surface area contributed by atoms with Gasteiger partial charge < -0.3 is 20.9 Å². The Kier molecular flexibility index (Phi) is 4.59. The van der Waals surface area contributed by atoms with E-state index in [9.17, 15) is 9.59 Å². The van der Waals surface area contributed by atoms with E-state index in [-0.39, 0.29) is 22.6 Å². The Balaban J connectivity index is 2.02. The number of rotatable bonds is 4. The lowest BCUT2D eigenvalue weighted by Gasteiger charge is -2.13. The van der Waals surface area contributed by atoms with Crippen molar-refractivity contribution in [3.8, 4) is 0 Å². The summed E-state index contributed by atoms with van der Waals surface area (Å²) in [6.07, 6.45) is 0.771. The molecule has 4 N–H and O–H groups in total. The number of ether oxygens (including phenoxy) is 1. The number of carbonyl (C=O) groups excluding carboxylic acids is 1. The molecule has 6 nitrogen and oxygen atoms in total. The number of nitrogens with one attached hydrogen (secondary N) is 1. The van der Waals surface area contributed by atoms with Crippen LogP contribution in [0.25, 0.3) is 0 Å². The Hall–Kier alpha value is -1.63. The SMILES string of the molecule is NCC1CCC(C(=O)Nc2ccc(C(=O)O)c(Cl)c2)O1. The van der Waals surface area contributed by atoms with Gasteiger partial charge >= 0.3 is 5.97 Å². The number of halogens is 1. The van der Waals surface area contributed by atoms with Gasteiger partial charge in [-0.3, -0.25) is 4.79 Å². The van der Waals surface area contributed by atoms with Crippen LogP contribution in [-0.2, 0) is 9.53 Å². The maximum absolute atomic E-state index is 12.0. The maximum atomic E-state index is 12.0. The number of carbonyl (C=O) groups is 2. The number of carboxylic acids is 1.